The number of fused-ring (bicyclic) bond motifs is 1. The highest BCUT2D eigenvalue weighted by atomic mass is 16.5. The molecule has 3 aromatic rings. The Balaban J connectivity index is 1.44. The van der Waals surface area contributed by atoms with Gasteiger partial charge in [-0.3, -0.25) is 4.79 Å². The van der Waals surface area contributed by atoms with Crippen molar-refractivity contribution >= 4 is 16.8 Å². The van der Waals surface area contributed by atoms with Gasteiger partial charge < -0.3 is 15.0 Å². The number of hydrogen-bond donors (Lipinski definition) is 2. The summed E-state index contributed by atoms with van der Waals surface area (Å²) in [7, 11) is 0. The van der Waals surface area contributed by atoms with Crippen LogP contribution in [0.5, 0.6) is 5.75 Å². The van der Waals surface area contributed by atoms with Crippen molar-refractivity contribution in [1.82, 2.24) is 10.3 Å². The summed E-state index contributed by atoms with van der Waals surface area (Å²) in [5, 5.41) is 4.00. The Morgan fingerprint density at radius 1 is 1.12 bits per heavy atom. The molecule has 24 heavy (non-hydrogen) atoms. The molecule has 0 radical (unpaired) electrons. The molecule has 1 aromatic heterocycles. The Kier molecular flexibility index (Phi) is 5.16. The zero-order valence-electron chi connectivity index (χ0n) is 13.8. The molecule has 0 saturated carbocycles. The van der Waals surface area contributed by atoms with E-state index in [1.807, 2.05) is 42.6 Å². The first-order valence-electron chi connectivity index (χ1n) is 8.29. The van der Waals surface area contributed by atoms with Gasteiger partial charge >= 0.3 is 0 Å². The highest BCUT2D eigenvalue weighted by Gasteiger charge is 2.08. The minimum absolute atomic E-state index is 0.00434. The Bertz CT molecular complexity index is 806. The fourth-order valence-electron chi connectivity index (χ4n) is 2.69. The normalized spacial score (nSPS) is 10.7. The molecule has 0 aliphatic carbocycles. The van der Waals surface area contributed by atoms with E-state index in [4.69, 9.17) is 4.74 Å². The molecule has 2 N–H and O–H groups in total. The molecule has 0 aliphatic rings. The number of benzene rings is 2. The van der Waals surface area contributed by atoms with Gasteiger partial charge in [-0.15, -0.1) is 0 Å². The standard InChI is InChI=1S/C20H22N2O2/c1-2-15-7-9-17(10-8-15)24-12-11-21-20(23)13-16-14-22-19-6-4-3-5-18(16)19/h3-10,14,22H,2,11-13H2,1H3,(H,21,23). The number of nitrogens with one attached hydrogen (secondary N) is 2. The number of carbonyl (C=O) groups excluding carboxylic acids is 1. The molecule has 1 amide bonds. The van der Waals surface area contributed by atoms with Crippen molar-refractivity contribution < 1.29 is 9.53 Å². The lowest BCUT2D eigenvalue weighted by Crippen LogP contribution is -2.29. The van der Waals surface area contributed by atoms with Crippen molar-refractivity contribution in [2.24, 2.45) is 0 Å². The van der Waals surface area contributed by atoms with Gasteiger partial charge in [-0.2, -0.15) is 0 Å². The lowest BCUT2D eigenvalue weighted by molar-refractivity contribution is -0.120. The molecule has 124 valence electrons. The van der Waals surface area contributed by atoms with Gasteiger partial charge in [0, 0.05) is 17.1 Å². The highest BCUT2D eigenvalue weighted by molar-refractivity contribution is 5.88. The first-order chi connectivity index (χ1) is 11.8. The largest absolute Gasteiger partial charge is 0.492 e. The van der Waals surface area contributed by atoms with Crippen LogP contribution in [0.4, 0.5) is 0 Å². The molecule has 0 atom stereocenters. The Morgan fingerprint density at radius 3 is 2.71 bits per heavy atom. The lowest BCUT2D eigenvalue weighted by atomic mass is 10.1. The van der Waals surface area contributed by atoms with E-state index < -0.39 is 0 Å². The van der Waals surface area contributed by atoms with Gasteiger partial charge in [0.05, 0.1) is 13.0 Å². The van der Waals surface area contributed by atoms with Crippen molar-refractivity contribution in [2.75, 3.05) is 13.2 Å². The molecule has 2 aromatic carbocycles. The van der Waals surface area contributed by atoms with Gasteiger partial charge in [-0.05, 0) is 35.7 Å². The molecule has 0 aliphatic heterocycles. The molecular formula is C20H22N2O2. The van der Waals surface area contributed by atoms with Crippen LogP contribution in [0.15, 0.2) is 54.7 Å². The number of carbonyl (C=O) groups is 1. The van der Waals surface area contributed by atoms with Gasteiger partial charge in [0.1, 0.15) is 12.4 Å². The molecule has 3 rings (SSSR count). The predicted molar refractivity (Wildman–Crippen MR) is 96.3 cm³/mol. The molecule has 4 nitrogen and oxygen atoms in total. The molecule has 0 fully saturated rings. The van der Waals surface area contributed by atoms with Crippen molar-refractivity contribution in [3.63, 3.8) is 0 Å². The van der Waals surface area contributed by atoms with E-state index in [9.17, 15) is 4.79 Å². The smallest absolute Gasteiger partial charge is 0.224 e. The average Bonchev–Trinajstić information content (AvgIpc) is 3.02. The van der Waals surface area contributed by atoms with Crippen LogP contribution in [0.2, 0.25) is 0 Å². The molecule has 0 bridgehead atoms. The first-order valence-corrected chi connectivity index (χ1v) is 8.29. The monoisotopic (exact) mass is 322 g/mol. The van der Waals surface area contributed by atoms with Gasteiger partial charge in [0.25, 0.3) is 0 Å². The molecular weight excluding hydrogens is 300 g/mol. The minimum Gasteiger partial charge on any atom is -0.492 e. The zero-order valence-corrected chi connectivity index (χ0v) is 13.8. The van der Waals surface area contributed by atoms with Crippen molar-refractivity contribution in [3.05, 3.63) is 65.9 Å². The summed E-state index contributed by atoms with van der Waals surface area (Å²) in [5.41, 5.74) is 3.35. The number of aromatic amines is 1. The number of hydrogen-bond acceptors (Lipinski definition) is 2. The lowest BCUT2D eigenvalue weighted by Gasteiger charge is -2.08. The van der Waals surface area contributed by atoms with Crippen LogP contribution in [0.3, 0.4) is 0 Å². The third kappa shape index (κ3) is 3.96. The van der Waals surface area contributed by atoms with Crippen LogP contribution in [-0.4, -0.2) is 24.0 Å². The van der Waals surface area contributed by atoms with E-state index in [2.05, 4.69) is 29.4 Å². The van der Waals surface area contributed by atoms with Crippen LogP contribution in [0, 0.1) is 0 Å². The molecule has 1 heterocycles. The van der Waals surface area contributed by atoms with E-state index >= 15 is 0 Å². The van der Waals surface area contributed by atoms with Gasteiger partial charge in [-0.1, -0.05) is 37.3 Å². The zero-order chi connectivity index (χ0) is 16.8. The minimum atomic E-state index is 0.00434. The van der Waals surface area contributed by atoms with Crippen molar-refractivity contribution in [2.45, 2.75) is 19.8 Å². The topological polar surface area (TPSA) is 54.1 Å². The third-order valence-electron chi connectivity index (χ3n) is 4.05. The van der Waals surface area contributed by atoms with Crippen LogP contribution >= 0.6 is 0 Å². The summed E-state index contributed by atoms with van der Waals surface area (Å²) in [6.45, 7) is 3.08. The van der Waals surface area contributed by atoms with E-state index in [1.54, 1.807) is 0 Å². The van der Waals surface area contributed by atoms with E-state index in [0.717, 1.165) is 28.6 Å². The van der Waals surface area contributed by atoms with Crippen LogP contribution in [0.25, 0.3) is 10.9 Å². The maximum atomic E-state index is 12.1. The van der Waals surface area contributed by atoms with Crippen LogP contribution < -0.4 is 10.1 Å². The number of aryl methyl sites for hydroxylation is 1. The summed E-state index contributed by atoms with van der Waals surface area (Å²) >= 11 is 0. The maximum Gasteiger partial charge on any atom is 0.224 e. The van der Waals surface area contributed by atoms with Crippen molar-refractivity contribution in [1.29, 1.82) is 0 Å². The van der Waals surface area contributed by atoms with Crippen LogP contribution in [0.1, 0.15) is 18.1 Å². The number of H-pyrrole nitrogens is 1. The number of ether oxygens (including phenoxy) is 1. The summed E-state index contributed by atoms with van der Waals surface area (Å²) in [5.74, 6) is 0.836. The first kappa shape index (κ1) is 16.1. The van der Waals surface area contributed by atoms with Crippen LogP contribution in [-0.2, 0) is 17.6 Å². The fraction of sp³-hybridized carbons (Fsp3) is 0.250. The second-order valence-corrected chi connectivity index (χ2v) is 5.73. The maximum absolute atomic E-state index is 12.1. The SMILES string of the molecule is CCc1ccc(OCCNC(=O)Cc2c[nH]c3ccccc23)cc1. The molecule has 0 spiro atoms. The van der Waals surface area contributed by atoms with Gasteiger partial charge in [-0.25, -0.2) is 0 Å². The number of amides is 1. The second-order valence-electron chi connectivity index (χ2n) is 5.73. The Labute approximate surface area is 141 Å². The molecule has 4 heteroatoms. The third-order valence-corrected chi connectivity index (χ3v) is 4.05. The summed E-state index contributed by atoms with van der Waals surface area (Å²) in [6, 6.07) is 16.0. The van der Waals surface area contributed by atoms with E-state index in [1.165, 1.54) is 5.56 Å². The average molecular weight is 322 g/mol. The summed E-state index contributed by atoms with van der Waals surface area (Å²) in [4.78, 5) is 15.3. The van der Waals surface area contributed by atoms with E-state index in [0.29, 0.717) is 19.6 Å². The fourth-order valence-corrected chi connectivity index (χ4v) is 2.69. The number of para-hydroxylation sites is 1. The van der Waals surface area contributed by atoms with Gasteiger partial charge in [0.2, 0.25) is 5.91 Å². The van der Waals surface area contributed by atoms with Crippen molar-refractivity contribution in [3.8, 4) is 5.75 Å². The van der Waals surface area contributed by atoms with Gasteiger partial charge in [0.15, 0.2) is 0 Å². The molecule has 0 unspecified atom stereocenters. The second kappa shape index (κ2) is 7.68. The molecule has 0 saturated heterocycles. The quantitative estimate of drug-likeness (QED) is 0.655. The summed E-state index contributed by atoms with van der Waals surface area (Å²) in [6.07, 6.45) is 3.29. The highest BCUT2D eigenvalue weighted by Crippen LogP contribution is 2.18. The Morgan fingerprint density at radius 2 is 1.92 bits per heavy atom. The summed E-state index contributed by atoms with van der Waals surface area (Å²) < 4.78 is 5.64. The predicted octanol–water partition coefficient (Wildman–Crippen LogP) is 3.47. The number of aromatic nitrogens is 1. The Hall–Kier alpha value is -2.75. The van der Waals surface area contributed by atoms with E-state index in [-0.39, 0.29) is 5.91 Å². The number of rotatable bonds is 7.